The van der Waals surface area contributed by atoms with Gasteiger partial charge in [-0.15, -0.1) is 0 Å². The van der Waals surface area contributed by atoms with E-state index in [4.69, 9.17) is 38.3 Å². The summed E-state index contributed by atoms with van der Waals surface area (Å²) < 4.78 is 6.18. The lowest BCUT2D eigenvalue weighted by atomic mass is 10.0. The zero-order valence-corrected chi connectivity index (χ0v) is 17.3. The second-order valence-corrected chi connectivity index (χ2v) is 7.49. The summed E-state index contributed by atoms with van der Waals surface area (Å²) in [4.78, 5) is 15.2. The van der Waals surface area contributed by atoms with Crippen molar-refractivity contribution in [1.29, 1.82) is 5.26 Å². The number of carbonyl (C=O) groups is 1. The van der Waals surface area contributed by atoms with Gasteiger partial charge < -0.3 is 15.2 Å². The molecule has 0 aliphatic rings. The Hall–Kier alpha value is -3.02. The number of halogens is 2. The number of carboxylic acid groups (broad SMARTS) is 1. The van der Waals surface area contributed by atoms with Gasteiger partial charge in [0.05, 0.1) is 23.4 Å². The summed E-state index contributed by atoms with van der Waals surface area (Å²) in [5.41, 5.74) is 1.58. The summed E-state index contributed by atoms with van der Waals surface area (Å²) in [5, 5.41) is 26.0. The van der Waals surface area contributed by atoms with E-state index in [1.54, 1.807) is 12.1 Å². The summed E-state index contributed by atoms with van der Waals surface area (Å²) in [6, 6.07) is 6.89. The minimum atomic E-state index is -1.48. The smallest absolute Gasteiger partial charge is 0.449 e. The second kappa shape index (κ2) is 8.15. The first kappa shape index (κ1) is 20.7. The first-order valence-electron chi connectivity index (χ1n) is 8.67. The van der Waals surface area contributed by atoms with E-state index in [0.717, 1.165) is 0 Å². The Labute approximate surface area is 176 Å². The third-order valence-electron chi connectivity index (χ3n) is 4.50. The van der Waals surface area contributed by atoms with Crippen LogP contribution in [0.2, 0.25) is 10.2 Å². The Bertz CT molecular complexity index is 1140. The number of aromatic nitrogens is 3. The van der Waals surface area contributed by atoms with E-state index >= 15 is 0 Å². The standard InChI is InChI=1S/C19H17Cl2N5O3/c1-9(2)10(3)24-18-15(12-5-4-11(7-22)6-13(12)20)16(21)25-17-14(29-19(27)28)8-23-26(17)18/h4-6,8-10,24H,1-3H3,(H,27,28)/t10-/m0/s1. The molecule has 10 heteroatoms. The zero-order chi connectivity index (χ0) is 21.3. The molecular weight excluding hydrogens is 417 g/mol. The van der Waals surface area contributed by atoms with Crippen LogP contribution < -0.4 is 10.1 Å². The third-order valence-corrected chi connectivity index (χ3v) is 5.09. The molecule has 1 atom stereocenters. The molecule has 0 bridgehead atoms. The molecule has 8 nitrogen and oxygen atoms in total. The lowest BCUT2D eigenvalue weighted by molar-refractivity contribution is 0.145. The molecule has 1 aromatic carbocycles. The zero-order valence-electron chi connectivity index (χ0n) is 15.8. The van der Waals surface area contributed by atoms with Gasteiger partial charge in [-0.1, -0.05) is 43.1 Å². The molecule has 0 spiro atoms. The van der Waals surface area contributed by atoms with E-state index in [2.05, 4.69) is 15.4 Å². The minimum absolute atomic E-state index is 0.0145. The lowest BCUT2D eigenvalue weighted by Gasteiger charge is -2.22. The Morgan fingerprint density at radius 1 is 1.34 bits per heavy atom. The van der Waals surface area contributed by atoms with Crippen LogP contribution in [-0.4, -0.2) is 31.9 Å². The maximum atomic E-state index is 11.0. The highest BCUT2D eigenvalue weighted by Gasteiger charge is 2.24. The lowest BCUT2D eigenvalue weighted by Crippen LogP contribution is -2.24. The molecule has 0 aliphatic heterocycles. The molecule has 0 unspecified atom stereocenters. The second-order valence-electron chi connectivity index (χ2n) is 6.72. The summed E-state index contributed by atoms with van der Waals surface area (Å²) in [7, 11) is 0. The molecule has 0 amide bonds. The van der Waals surface area contributed by atoms with Gasteiger partial charge in [-0.05, 0) is 25.0 Å². The molecule has 3 rings (SSSR count). The number of nitrogens with zero attached hydrogens (tertiary/aromatic N) is 4. The highest BCUT2D eigenvalue weighted by molar-refractivity contribution is 6.36. The average molecular weight is 434 g/mol. The summed E-state index contributed by atoms with van der Waals surface area (Å²) in [6.45, 7) is 6.09. The number of hydrogen-bond donors (Lipinski definition) is 2. The van der Waals surface area contributed by atoms with E-state index in [1.165, 1.54) is 16.8 Å². The Kier molecular flexibility index (Phi) is 5.82. The third kappa shape index (κ3) is 4.06. The van der Waals surface area contributed by atoms with Crippen LogP contribution in [0.1, 0.15) is 26.3 Å². The van der Waals surface area contributed by atoms with Crippen LogP contribution >= 0.6 is 23.2 Å². The molecule has 150 valence electrons. The molecule has 0 fully saturated rings. The predicted molar refractivity (Wildman–Crippen MR) is 110 cm³/mol. The summed E-state index contributed by atoms with van der Waals surface area (Å²) in [6.07, 6.45) is -0.232. The fourth-order valence-corrected chi connectivity index (χ4v) is 3.20. The maximum Gasteiger partial charge on any atom is 0.511 e. The van der Waals surface area contributed by atoms with Crippen molar-refractivity contribution < 1.29 is 14.6 Å². The largest absolute Gasteiger partial charge is 0.511 e. The van der Waals surface area contributed by atoms with Crippen LogP contribution in [0.3, 0.4) is 0 Å². The van der Waals surface area contributed by atoms with E-state index in [0.29, 0.717) is 27.5 Å². The van der Waals surface area contributed by atoms with Crippen molar-refractivity contribution in [2.45, 2.75) is 26.8 Å². The number of benzene rings is 1. The van der Waals surface area contributed by atoms with Crippen molar-refractivity contribution in [3.63, 3.8) is 0 Å². The van der Waals surface area contributed by atoms with E-state index in [9.17, 15) is 4.79 Å². The van der Waals surface area contributed by atoms with Crippen LogP contribution in [0.25, 0.3) is 16.8 Å². The number of ether oxygens (including phenoxy) is 1. The number of hydrogen-bond acceptors (Lipinski definition) is 6. The van der Waals surface area contributed by atoms with Gasteiger partial charge in [0, 0.05) is 16.6 Å². The van der Waals surface area contributed by atoms with Gasteiger partial charge in [-0.2, -0.15) is 14.9 Å². The van der Waals surface area contributed by atoms with Gasteiger partial charge in [0.1, 0.15) is 11.0 Å². The monoisotopic (exact) mass is 433 g/mol. The van der Waals surface area contributed by atoms with Crippen molar-refractivity contribution in [3.8, 4) is 22.9 Å². The van der Waals surface area contributed by atoms with Crippen molar-refractivity contribution in [1.82, 2.24) is 14.6 Å². The van der Waals surface area contributed by atoms with Crippen molar-refractivity contribution in [3.05, 3.63) is 40.1 Å². The van der Waals surface area contributed by atoms with Crippen LogP contribution in [0, 0.1) is 17.2 Å². The van der Waals surface area contributed by atoms with Gasteiger partial charge in [-0.25, -0.2) is 9.78 Å². The maximum absolute atomic E-state index is 11.0. The molecule has 29 heavy (non-hydrogen) atoms. The highest BCUT2D eigenvalue weighted by atomic mass is 35.5. The Balaban J connectivity index is 2.30. The number of rotatable bonds is 5. The summed E-state index contributed by atoms with van der Waals surface area (Å²) in [5.74, 6) is 0.705. The van der Waals surface area contributed by atoms with Crippen molar-refractivity contribution >= 4 is 40.8 Å². The van der Waals surface area contributed by atoms with Crippen molar-refractivity contribution in [2.75, 3.05) is 5.32 Å². The molecule has 3 aromatic rings. The van der Waals surface area contributed by atoms with Gasteiger partial charge in [0.25, 0.3) is 0 Å². The minimum Gasteiger partial charge on any atom is -0.449 e. The quantitative estimate of drug-likeness (QED) is 0.425. The molecule has 2 N–H and O–H groups in total. The Morgan fingerprint density at radius 2 is 2.07 bits per heavy atom. The molecule has 0 aliphatic carbocycles. The van der Waals surface area contributed by atoms with Crippen LogP contribution in [0.15, 0.2) is 24.4 Å². The van der Waals surface area contributed by atoms with E-state index in [-0.39, 0.29) is 28.5 Å². The van der Waals surface area contributed by atoms with Crippen molar-refractivity contribution in [2.24, 2.45) is 5.92 Å². The first-order valence-corrected chi connectivity index (χ1v) is 9.43. The molecular formula is C19H17Cl2N5O3. The topological polar surface area (TPSA) is 113 Å². The molecule has 2 heterocycles. The van der Waals surface area contributed by atoms with Gasteiger partial charge in [-0.3, -0.25) is 0 Å². The van der Waals surface area contributed by atoms with E-state index in [1.807, 2.05) is 26.8 Å². The number of nitriles is 1. The predicted octanol–water partition coefficient (Wildman–Crippen LogP) is 5.09. The molecule has 2 aromatic heterocycles. The number of fused-ring (bicyclic) bond motifs is 1. The van der Waals surface area contributed by atoms with Gasteiger partial charge >= 0.3 is 6.16 Å². The SMILES string of the molecule is CC(C)[C@H](C)Nc1c(-c2ccc(C#N)cc2Cl)c(Cl)nc2c(OC(=O)O)cnn12. The fourth-order valence-electron chi connectivity index (χ4n) is 2.65. The normalized spacial score (nSPS) is 12.0. The first-order chi connectivity index (χ1) is 13.7. The summed E-state index contributed by atoms with van der Waals surface area (Å²) >= 11 is 12.9. The molecule has 0 radical (unpaired) electrons. The number of anilines is 1. The van der Waals surface area contributed by atoms with Crippen LogP contribution in [0.5, 0.6) is 5.75 Å². The van der Waals surface area contributed by atoms with E-state index < -0.39 is 6.16 Å². The highest BCUT2D eigenvalue weighted by Crippen LogP contribution is 2.40. The van der Waals surface area contributed by atoms with Gasteiger partial charge in [0.15, 0.2) is 5.75 Å². The number of nitrogens with one attached hydrogen (secondary N) is 1. The molecule has 0 saturated heterocycles. The fraction of sp³-hybridized carbons (Fsp3) is 0.263. The Morgan fingerprint density at radius 3 is 2.66 bits per heavy atom. The van der Waals surface area contributed by atoms with Crippen LogP contribution in [-0.2, 0) is 0 Å². The average Bonchev–Trinajstić information content (AvgIpc) is 3.04. The van der Waals surface area contributed by atoms with Gasteiger partial charge in [0.2, 0.25) is 5.65 Å². The molecule has 0 saturated carbocycles. The van der Waals surface area contributed by atoms with Crippen LogP contribution in [0.4, 0.5) is 10.6 Å².